The largest absolute Gasteiger partial charge is 0.395 e. The number of aromatic nitrogens is 1. The van der Waals surface area contributed by atoms with Gasteiger partial charge in [-0.25, -0.2) is 4.98 Å². The minimum absolute atomic E-state index is 0.0346. The van der Waals surface area contributed by atoms with E-state index in [1.807, 2.05) is 37.3 Å². The Morgan fingerprint density at radius 3 is 2.78 bits per heavy atom. The molecule has 0 saturated heterocycles. The zero-order valence-electron chi connectivity index (χ0n) is 10.3. The van der Waals surface area contributed by atoms with Gasteiger partial charge in [0.2, 0.25) is 0 Å². The third kappa shape index (κ3) is 2.49. The molecular formula is C14H16N2O2. The average molecular weight is 244 g/mol. The van der Waals surface area contributed by atoms with Crippen molar-refractivity contribution in [2.45, 2.75) is 6.92 Å². The second kappa shape index (κ2) is 5.60. The van der Waals surface area contributed by atoms with E-state index in [0.717, 1.165) is 10.9 Å². The van der Waals surface area contributed by atoms with Crippen LogP contribution >= 0.6 is 0 Å². The Bertz CT molecular complexity index is 554. The van der Waals surface area contributed by atoms with Crippen LogP contribution in [0.4, 0.5) is 0 Å². The number of carbonyl (C=O) groups excluding carboxylic acids is 1. The fourth-order valence-electron chi connectivity index (χ4n) is 1.87. The van der Waals surface area contributed by atoms with E-state index in [9.17, 15) is 4.79 Å². The summed E-state index contributed by atoms with van der Waals surface area (Å²) in [6.45, 7) is 2.75. The van der Waals surface area contributed by atoms with Crippen LogP contribution in [0.15, 0.2) is 36.4 Å². The fourth-order valence-corrected chi connectivity index (χ4v) is 1.87. The molecule has 2 rings (SSSR count). The summed E-state index contributed by atoms with van der Waals surface area (Å²) in [6, 6.07) is 11.3. The molecule has 0 aliphatic carbocycles. The molecule has 2 aromatic rings. The van der Waals surface area contributed by atoms with Crippen molar-refractivity contribution in [2.24, 2.45) is 0 Å². The number of hydrogen-bond donors (Lipinski definition) is 1. The molecule has 0 unspecified atom stereocenters. The lowest BCUT2D eigenvalue weighted by Gasteiger charge is -2.19. The summed E-state index contributed by atoms with van der Waals surface area (Å²) >= 11 is 0. The molecule has 0 bridgehead atoms. The number of benzene rings is 1. The highest BCUT2D eigenvalue weighted by molar-refractivity contribution is 5.94. The third-order valence-electron chi connectivity index (χ3n) is 2.86. The standard InChI is InChI=1S/C14H16N2O2/c1-2-16(9-10-17)14(18)13-8-7-11-5-3-4-6-12(11)15-13/h3-8,17H,2,9-10H2,1H3. The van der Waals surface area contributed by atoms with E-state index in [-0.39, 0.29) is 12.5 Å². The minimum Gasteiger partial charge on any atom is -0.395 e. The molecule has 1 aromatic carbocycles. The second-order valence-electron chi connectivity index (χ2n) is 4.00. The maximum absolute atomic E-state index is 12.2. The van der Waals surface area contributed by atoms with Crippen LogP contribution < -0.4 is 0 Å². The van der Waals surface area contributed by atoms with Crippen LogP contribution in [0.2, 0.25) is 0 Å². The lowest BCUT2D eigenvalue weighted by Crippen LogP contribution is -2.33. The number of rotatable bonds is 4. The first-order chi connectivity index (χ1) is 8.76. The smallest absolute Gasteiger partial charge is 0.272 e. The van der Waals surface area contributed by atoms with Gasteiger partial charge in [-0.1, -0.05) is 24.3 Å². The van der Waals surface area contributed by atoms with Gasteiger partial charge in [-0.15, -0.1) is 0 Å². The Hall–Kier alpha value is -1.94. The summed E-state index contributed by atoms with van der Waals surface area (Å²) in [7, 11) is 0. The number of aliphatic hydroxyl groups excluding tert-OH is 1. The number of para-hydroxylation sites is 1. The quantitative estimate of drug-likeness (QED) is 0.890. The summed E-state index contributed by atoms with van der Waals surface area (Å²) in [5.74, 6) is -0.141. The van der Waals surface area contributed by atoms with Crippen LogP contribution in [0.5, 0.6) is 0 Å². The Kier molecular flexibility index (Phi) is 3.89. The van der Waals surface area contributed by atoms with Gasteiger partial charge in [-0.3, -0.25) is 4.79 Å². The van der Waals surface area contributed by atoms with Crippen molar-refractivity contribution in [2.75, 3.05) is 19.7 Å². The van der Waals surface area contributed by atoms with Crippen LogP contribution in [0.1, 0.15) is 17.4 Å². The molecule has 4 nitrogen and oxygen atoms in total. The van der Waals surface area contributed by atoms with E-state index >= 15 is 0 Å². The van der Waals surface area contributed by atoms with Crippen molar-refractivity contribution in [1.29, 1.82) is 0 Å². The van der Waals surface area contributed by atoms with Gasteiger partial charge in [-0.2, -0.15) is 0 Å². The Morgan fingerprint density at radius 1 is 1.28 bits per heavy atom. The summed E-state index contributed by atoms with van der Waals surface area (Å²) in [5, 5.41) is 9.93. The molecule has 0 radical (unpaired) electrons. The predicted octanol–water partition coefficient (Wildman–Crippen LogP) is 1.69. The maximum Gasteiger partial charge on any atom is 0.272 e. The van der Waals surface area contributed by atoms with Gasteiger partial charge in [-0.05, 0) is 19.1 Å². The molecule has 1 amide bonds. The first-order valence-electron chi connectivity index (χ1n) is 6.02. The maximum atomic E-state index is 12.2. The first-order valence-corrected chi connectivity index (χ1v) is 6.02. The van der Waals surface area contributed by atoms with Crippen LogP contribution in [0.25, 0.3) is 10.9 Å². The number of amides is 1. The molecule has 18 heavy (non-hydrogen) atoms. The van der Waals surface area contributed by atoms with E-state index in [4.69, 9.17) is 5.11 Å². The highest BCUT2D eigenvalue weighted by atomic mass is 16.3. The lowest BCUT2D eigenvalue weighted by molar-refractivity contribution is 0.0726. The molecule has 4 heteroatoms. The highest BCUT2D eigenvalue weighted by Crippen LogP contribution is 2.13. The van der Waals surface area contributed by atoms with Gasteiger partial charge in [0.15, 0.2) is 0 Å². The Morgan fingerprint density at radius 2 is 2.06 bits per heavy atom. The van der Waals surface area contributed by atoms with Crippen molar-refractivity contribution in [3.63, 3.8) is 0 Å². The van der Waals surface area contributed by atoms with Crippen LogP contribution in [-0.4, -0.2) is 40.6 Å². The zero-order valence-corrected chi connectivity index (χ0v) is 10.3. The van der Waals surface area contributed by atoms with Gasteiger partial charge in [0.05, 0.1) is 12.1 Å². The predicted molar refractivity (Wildman–Crippen MR) is 70.4 cm³/mol. The molecular weight excluding hydrogens is 228 g/mol. The Balaban J connectivity index is 2.32. The monoisotopic (exact) mass is 244 g/mol. The van der Waals surface area contributed by atoms with Gasteiger partial charge >= 0.3 is 0 Å². The zero-order chi connectivity index (χ0) is 13.0. The van der Waals surface area contributed by atoms with Crippen LogP contribution in [0, 0.1) is 0 Å². The number of hydrogen-bond acceptors (Lipinski definition) is 3. The highest BCUT2D eigenvalue weighted by Gasteiger charge is 2.15. The van der Waals surface area contributed by atoms with E-state index < -0.39 is 0 Å². The van der Waals surface area contributed by atoms with Crippen molar-refractivity contribution in [3.05, 3.63) is 42.1 Å². The SMILES string of the molecule is CCN(CCO)C(=O)c1ccc2ccccc2n1. The van der Waals surface area contributed by atoms with E-state index in [0.29, 0.717) is 18.8 Å². The summed E-state index contributed by atoms with van der Waals surface area (Å²) in [5.41, 5.74) is 1.23. The normalized spacial score (nSPS) is 10.6. The third-order valence-corrected chi connectivity index (χ3v) is 2.86. The molecule has 0 saturated carbocycles. The molecule has 0 aliphatic heterocycles. The summed E-state index contributed by atoms with van der Waals surface area (Å²) in [6.07, 6.45) is 0. The van der Waals surface area contributed by atoms with E-state index in [1.54, 1.807) is 11.0 Å². The topological polar surface area (TPSA) is 53.4 Å². The average Bonchev–Trinajstić information content (AvgIpc) is 2.43. The number of aliphatic hydroxyl groups is 1. The van der Waals surface area contributed by atoms with Crippen molar-refractivity contribution < 1.29 is 9.90 Å². The first kappa shape index (κ1) is 12.5. The van der Waals surface area contributed by atoms with Crippen molar-refractivity contribution >= 4 is 16.8 Å². The molecule has 1 aromatic heterocycles. The van der Waals surface area contributed by atoms with Gasteiger partial charge in [0.1, 0.15) is 5.69 Å². The molecule has 0 aliphatic rings. The van der Waals surface area contributed by atoms with E-state index in [1.165, 1.54) is 0 Å². The number of fused-ring (bicyclic) bond motifs is 1. The molecule has 0 atom stereocenters. The number of nitrogens with zero attached hydrogens (tertiary/aromatic N) is 2. The van der Waals surface area contributed by atoms with E-state index in [2.05, 4.69) is 4.98 Å². The van der Waals surface area contributed by atoms with Gasteiger partial charge < -0.3 is 10.0 Å². The minimum atomic E-state index is -0.141. The van der Waals surface area contributed by atoms with Crippen LogP contribution in [0.3, 0.4) is 0 Å². The van der Waals surface area contributed by atoms with Gasteiger partial charge in [0, 0.05) is 18.5 Å². The van der Waals surface area contributed by atoms with Crippen molar-refractivity contribution in [3.8, 4) is 0 Å². The lowest BCUT2D eigenvalue weighted by atomic mass is 10.2. The molecule has 0 spiro atoms. The molecule has 94 valence electrons. The molecule has 0 fully saturated rings. The summed E-state index contributed by atoms with van der Waals surface area (Å²) < 4.78 is 0. The number of pyridine rings is 1. The number of likely N-dealkylation sites (N-methyl/N-ethyl adjacent to an activating group) is 1. The van der Waals surface area contributed by atoms with Gasteiger partial charge in [0.25, 0.3) is 5.91 Å². The fraction of sp³-hybridized carbons (Fsp3) is 0.286. The second-order valence-corrected chi connectivity index (χ2v) is 4.00. The van der Waals surface area contributed by atoms with Crippen LogP contribution in [-0.2, 0) is 0 Å². The number of carbonyl (C=O) groups is 1. The van der Waals surface area contributed by atoms with Crippen molar-refractivity contribution in [1.82, 2.24) is 9.88 Å². The summed E-state index contributed by atoms with van der Waals surface area (Å²) in [4.78, 5) is 18.1. The molecule has 1 N–H and O–H groups in total. The Labute approximate surface area is 106 Å². The molecule has 1 heterocycles.